The average molecular weight is 375 g/mol. The van der Waals surface area contributed by atoms with E-state index >= 15 is 0 Å². The van der Waals surface area contributed by atoms with E-state index in [9.17, 15) is 4.79 Å². The van der Waals surface area contributed by atoms with Crippen LogP contribution in [0.1, 0.15) is 24.1 Å². The molecule has 0 saturated heterocycles. The molecule has 0 aliphatic rings. The molecule has 0 radical (unpaired) electrons. The molecule has 0 bridgehead atoms. The number of carbonyl (C=O) groups is 1. The van der Waals surface area contributed by atoms with Crippen LogP contribution in [0.3, 0.4) is 0 Å². The molecule has 0 saturated carbocycles. The number of rotatable bonds is 7. The van der Waals surface area contributed by atoms with Crippen molar-refractivity contribution in [1.29, 1.82) is 0 Å². The second-order valence-corrected chi connectivity index (χ2v) is 6.72. The Morgan fingerprint density at radius 2 is 1.61 bits per heavy atom. The van der Waals surface area contributed by atoms with Crippen LogP contribution in [-0.4, -0.2) is 19.6 Å². The van der Waals surface area contributed by atoms with Crippen molar-refractivity contribution in [2.75, 3.05) is 13.7 Å². The number of benzene rings is 3. The van der Waals surface area contributed by atoms with E-state index in [-0.39, 0.29) is 18.6 Å². The summed E-state index contributed by atoms with van der Waals surface area (Å²) in [6.07, 6.45) is 0. The lowest BCUT2D eigenvalue weighted by atomic mass is 10.0. The highest BCUT2D eigenvalue weighted by Crippen LogP contribution is 2.27. The maximum absolute atomic E-state index is 12.3. The summed E-state index contributed by atoms with van der Waals surface area (Å²) in [5.74, 6) is 1.00. The van der Waals surface area contributed by atoms with Crippen LogP contribution in [0, 0.1) is 6.92 Å². The van der Waals surface area contributed by atoms with E-state index in [1.165, 1.54) is 5.56 Å². The van der Waals surface area contributed by atoms with E-state index in [4.69, 9.17) is 9.47 Å². The zero-order valence-electron chi connectivity index (χ0n) is 16.4. The molecule has 28 heavy (non-hydrogen) atoms. The first-order valence-corrected chi connectivity index (χ1v) is 9.29. The van der Waals surface area contributed by atoms with Gasteiger partial charge in [0.2, 0.25) is 0 Å². The van der Waals surface area contributed by atoms with Crippen LogP contribution in [0.25, 0.3) is 11.1 Å². The van der Waals surface area contributed by atoms with Crippen molar-refractivity contribution in [3.05, 3.63) is 83.9 Å². The van der Waals surface area contributed by atoms with Gasteiger partial charge < -0.3 is 14.8 Å². The predicted octanol–water partition coefficient (Wildman–Crippen LogP) is 4.93. The second-order valence-electron chi connectivity index (χ2n) is 6.72. The van der Waals surface area contributed by atoms with E-state index in [0.29, 0.717) is 11.5 Å². The SMILES string of the molecule is COc1cc(C)ccc1OCC(=O)N[C@@H](C)c1ccc(-c2ccccc2)cc1. The molecule has 3 aromatic rings. The highest BCUT2D eigenvalue weighted by atomic mass is 16.5. The Bertz CT molecular complexity index is 920. The third-order valence-electron chi connectivity index (χ3n) is 4.57. The van der Waals surface area contributed by atoms with Gasteiger partial charge in [0.25, 0.3) is 5.91 Å². The molecule has 0 aliphatic carbocycles. The summed E-state index contributed by atoms with van der Waals surface area (Å²) in [5.41, 5.74) is 4.44. The van der Waals surface area contributed by atoms with Crippen LogP contribution in [-0.2, 0) is 4.79 Å². The van der Waals surface area contributed by atoms with E-state index in [1.807, 2.05) is 62.4 Å². The minimum atomic E-state index is -0.178. The predicted molar refractivity (Wildman–Crippen MR) is 112 cm³/mol. The van der Waals surface area contributed by atoms with Gasteiger partial charge in [-0.1, -0.05) is 60.7 Å². The van der Waals surface area contributed by atoms with Crippen molar-refractivity contribution >= 4 is 5.91 Å². The minimum Gasteiger partial charge on any atom is -0.493 e. The van der Waals surface area contributed by atoms with Crippen LogP contribution in [0.5, 0.6) is 11.5 Å². The minimum absolute atomic E-state index is 0.0636. The van der Waals surface area contributed by atoms with Gasteiger partial charge in [-0.25, -0.2) is 0 Å². The first-order valence-electron chi connectivity index (χ1n) is 9.29. The standard InChI is InChI=1S/C24H25NO3/c1-17-9-14-22(23(15-17)27-3)28-16-24(26)25-18(2)19-10-12-21(13-11-19)20-7-5-4-6-8-20/h4-15,18H,16H2,1-3H3,(H,25,26)/t18-/m0/s1. The number of hydrogen-bond donors (Lipinski definition) is 1. The molecule has 1 amide bonds. The molecule has 1 N–H and O–H groups in total. The highest BCUT2D eigenvalue weighted by molar-refractivity contribution is 5.78. The molecule has 0 aliphatic heterocycles. The van der Waals surface area contributed by atoms with Crippen LogP contribution in [0.4, 0.5) is 0 Å². The van der Waals surface area contributed by atoms with Gasteiger partial charge in [0, 0.05) is 0 Å². The number of amides is 1. The van der Waals surface area contributed by atoms with E-state index in [0.717, 1.165) is 16.7 Å². The zero-order valence-corrected chi connectivity index (χ0v) is 16.4. The van der Waals surface area contributed by atoms with Gasteiger partial charge in [-0.15, -0.1) is 0 Å². The summed E-state index contributed by atoms with van der Waals surface area (Å²) < 4.78 is 10.9. The molecule has 0 spiro atoms. The molecule has 0 unspecified atom stereocenters. The Morgan fingerprint density at radius 1 is 0.929 bits per heavy atom. The van der Waals surface area contributed by atoms with E-state index in [1.54, 1.807) is 7.11 Å². The topological polar surface area (TPSA) is 47.6 Å². The number of nitrogens with one attached hydrogen (secondary N) is 1. The first-order chi connectivity index (χ1) is 13.6. The third kappa shape index (κ3) is 4.92. The molecular weight excluding hydrogens is 350 g/mol. The average Bonchev–Trinajstić information content (AvgIpc) is 2.73. The fraction of sp³-hybridized carbons (Fsp3) is 0.208. The largest absolute Gasteiger partial charge is 0.493 e. The lowest BCUT2D eigenvalue weighted by Crippen LogP contribution is -2.31. The van der Waals surface area contributed by atoms with Crippen molar-refractivity contribution in [1.82, 2.24) is 5.32 Å². The smallest absolute Gasteiger partial charge is 0.258 e. The van der Waals surface area contributed by atoms with Crippen molar-refractivity contribution in [2.24, 2.45) is 0 Å². The van der Waals surface area contributed by atoms with Gasteiger partial charge in [0.05, 0.1) is 13.2 Å². The quantitative estimate of drug-likeness (QED) is 0.637. The Labute approximate surface area is 166 Å². The molecule has 144 valence electrons. The molecular formula is C24H25NO3. The van der Waals surface area contributed by atoms with Crippen molar-refractivity contribution < 1.29 is 14.3 Å². The molecule has 3 rings (SSSR count). The maximum Gasteiger partial charge on any atom is 0.258 e. The lowest BCUT2D eigenvalue weighted by Gasteiger charge is -2.16. The van der Waals surface area contributed by atoms with Gasteiger partial charge in [0.1, 0.15) is 0 Å². The molecule has 3 aromatic carbocycles. The normalized spacial score (nSPS) is 11.5. The van der Waals surface area contributed by atoms with E-state index in [2.05, 4.69) is 29.6 Å². The number of hydrogen-bond acceptors (Lipinski definition) is 3. The number of methoxy groups -OCH3 is 1. The molecule has 0 heterocycles. The van der Waals surface area contributed by atoms with Gasteiger partial charge in [-0.2, -0.15) is 0 Å². The lowest BCUT2D eigenvalue weighted by molar-refractivity contribution is -0.123. The van der Waals surface area contributed by atoms with Gasteiger partial charge in [-0.05, 0) is 48.2 Å². The fourth-order valence-electron chi connectivity index (χ4n) is 3.00. The molecule has 4 heteroatoms. The van der Waals surface area contributed by atoms with Crippen LogP contribution in [0.2, 0.25) is 0 Å². The summed E-state index contributed by atoms with van der Waals surface area (Å²) in [4.78, 5) is 12.3. The van der Waals surface area contributed by atoms with Gasteiger partial charge >= 0.3 is 0 Å². The van der Waals surface area contributed by atoms with Crippen LogP contribution in [0.15, 0.2) is 72.8 Å². The Hall–Kier alpha value is -3.27. The van der Waals surface area contributed by atoms with E-state index < -0.39 is 0 Å². The highest BCUT2D eigenvalue weighted by Gasteiger charge is 2.12. The summed E-state index contributed by atoms with van der Waals surface area (Å²) >= 11 is 0. The summed E-state index contributed by atoms with van der Waals surface area (Å²) in [6, 6.07) is 23.9. The summed E-state index contributed by atoms with van der Waals surface area (Å²) in [7, 11) is 1.59. The van der Waals surface area contributed by atoms with Crippen molar-refractivity contribution in [3.63, 3.8) is 0 Å². The second kappa shape index (κ2) is 9.09. The number of ether oxygens (including phenoxy) is 2. The van der Waals surface area contributed by atoms with Crippen molar-refractivity contribution in [3.8, 4) is 22.6 Å². The maximum atomic E-state index is 12.3. The van der Waals surface area contributed by atoms with Gasteiger partial charge in [-0.3, -0.25) is 4.79 Å². The fourth-order valence-corrected chi connectivity index (χ4v) is 3.00. The van der Waals surface area contributed by atoms with Crippen LogP contribution < -0.4 is 14.8 Å². The Kier molecular flexibility index (Phi) is 6.33. The van der Waals surface area contributed by atoms with Crippen molar-refractivity contribution in [2.45, 2.75) is 19.9 Å². The molecule has 0 fully saturated rings. The number of aryl methyl sites for hydroxylation is 1. The van der Waals surface area contributed by atoms with Crippen LogP contribution >= 0.6 is 0 Å². The Morgan fingerprint density at radius 3 is 2.29 bits per heavy atom. The molecule has 1 atom stereocenters. The molecule has 0 aromatic heterocycles. The number of carbonyl (C=O) groups excluding carboxylic acids is 1. The first kappa shape index (κ1) is 19.5. The summed E-state index contributed by atoms with van der Waals surface area (Å²) in [5, 5.41) is 2.97. The summed E-state index contributed by atoms with van der Waals surface area (Å²) in [6.45, 7) is 3.87. The zero-order chi connectivity index (χ0) is 19.9. The Balaban J connectivity index is 1.57. The third-order valence-corrected chi connectivity index (χ3v) is 4.57. The monoisotopic (exact) mass is 375 g/mol. The van der Waals surface area contributed by atoms with Gasteiger partial charge in [0.15, 0.2) is 18.1 Å². The molecule has 4 nitrogen and oxygen atoms in total.